The maximum atomic E-state index is 10.9. The van der Waals surface area contributed by atoms with Gasteiger partial charge in [0.2, 0.25) is 0 Å². The summed E-state index contributed by atoms with van der Waals surface area (Å²) in [6.45, 7) is 2.01. The van der Waals surface area contributed by atoms with Crippen molar-refractivity contribution in [2.24, 2.45) is 5.92 Å². The Hall–Kier alpha value is -0.350. The Kier molecular flexibility index (Phi) is 4.62. The molecule has 1 N–H and O–H groups in total. The van der Waals surface area contributed by atoms with Gasteiger partial charge < -0.3 is 5.11 Å². The van der Waals surface area contributed by atoms with Gasteiger partial charge in [-0.1, -0.05) is 13.3 Å². The maximum Gasteiger partial charge on any atom is 0.306 e. The highest BCUT2D eigenvalue weighted by molar-refractivity contribution is 9.10. The van der Waals surface area contributed by atoms with E-state index in [2.05, 4.69) is 15.9 Å². The number of halogens is 1. The number of carbonyl (C=O) groups is 1. The number of carboxylic acid groups (broad SMARTS) is 1. The average molecular weight is 277 g/mol. The Morgan fingerprint density at radius 2 is 2.43 bits per heavy atom. The molecule has 0 aliphatic rings. The second-order valence-electron chi connectivity index (χ2n) is 3.22. The zero-order valence-corrected chi connectivity index (χ0v) is 10.4. The standard InChI is InChI=1S/C10H13BrO2S/c1-2-3-7(10(12)13)6-9-8(11)4-5-14-9/h4-5,7H,2-3,6H2,1H3,(H,12,13). The summed E-state index contributed by atoms with van der Waals surface area (Å²) in [5, 5.41) is 11.0. The summed E-state index contributed by atoms with van der Waals surface area (Å²) in [5.41, 5.74) is 0. The van der Waals surface area contributed by atoms with Crippen LogP contribution in [0.3, 0.4) is 0 Å². The van der Waals surface area contributed by atoms with Crippen LogP contribution in [0.25, 0.3) is 0 Å². The smallest absolute Gasteiger partial charge is 0.306 e. The molecule has 0 aromatic carbocycles. The zero-order chi connectivity index (χ0) is 10.6. The van der Waals surface area contributed by atoms with Gasteiger partial charge in [0.15, 0.2) is 0 Å². The topological polar surface area (TPSA) is 37.3 Å². The minimum Gasteiger partial charge on any atom is -0.481 e. The summed E-state index contributed by atoms with van der Waals surface area (Å²) >= 11 is 5.02. The fraction of sp³-hybridized carbons (Fsp3) is 0.500. The number of aliphatic carboxylic acids is 1. The second kappa shape index (κ2) is 5.51. The van der Waals surface area contributed by atoms with Gasteiger partial charge in [0.05, 0.1) is 5.92 Å². The van der Waals surface area contributed by atoms with Crippen LogP contribution in [-0.2, 0) is 11.2 Å². The lowest BCUT2D eigenvalue weighted by atomic mass is 9.99. The van der Waals surface area contributed by atoms with Crippen LogP contribution in [0.1, 0.15) is 24.6 Å². The van der Waals surface area contributed by atoms with Crippen LogP contribution in [0, 0.1) is 5.92 Å². The molecule has 1 aromatic heterocycles. The summed E-state index contributed by atoms with van der Waals surface area (Å²) in [6, 6.07) is 1.96. The van der Waals surface area contributed by atoms with Gasteiger partial charge in [-0.25, -0.2) is 0 Å². The lowest BCUT2D eigenvalue weighted by molar-refractivity contribution is -0.141. The van der Waals surface area contributed by atoms with Crippen LogP contribution in [0.4, 0.5) is 0 Å². The van der Waals surface area contributed by atoms with E-state index in [1.54, 1.807) is 11.3 Å². The fourth-order valence-electron chi connectivity index (χ4n) is 1.36. The Balaban J connectivity index is 2.64. The quantitative estimate of drug-likeness (QED) is 0.893. The SMILES string of the molecule is CCCC(Cc1sccc1Br)C(=O)O. The first-order chi connectivity index (χ1) is 6.65. The Morgan fingerprint density at radius 1 is 1.71 bits per heavy atom. The van der Waals surface area contributed by atoms with Crippen LogP contribution in [0.2, 0.25) is 0 Å². The molecular formula is C10H13BrO2S. The molecule has 0 radical (unpaired) electrons. The molecule has 1 unspecified atom stereocenters. The molecule has 0 saturated heterocycles. The Labute approximate surface area is 96.1 Å². The summed E-state index contributed by atoms with van der Waals surface area (Å²) < 4.78 is 1.03. The molecule has 1 heterocycles. The molecule has 0 fully saturated rings. The molecular weight excluding hydrogens is 264 g/mol. The fourth-order valence-corrected chi connectivity index (χ4v) is 2.95. The molecule has 0 aliphatic heterocycles. The Bertz CT molecular complexity index is 309. The van der Waals surface area contributed by atoms with Crippen molar-refractivity contribution in [1.82, 2.24) is 0 Å². The highest BCUT2D eigenvalue weighted by Gasteiger charge is 2.18. The first-order valence-electron chi connectivity index (χ1n) is 4.59. The van der Waals surface area contributed by atoms with E-state index >= 15 is 0 Å². The predicted octanol–water partition coefficient (Wildman–Crippen LogP) is 3.55. The van der Waals surface area contributed by atoms with Crippen molar-refractivity contribution in [3.8, 4) is 0 Å². The van der Waals surface area contributed by atoms with E-state index in [1.807, 2.05) is 18.4 Å². The third-order valence-corrected chi connectivity index (χ3v) is 4.06. The van der Waals surface area contributed by atoms with Crippen molar-refractivity contribution in [2.45, 2.75) is 26.2 Å². The minimum atomic E-state index is -0.688. The molecule has 14 heavy (non-hydrogen) atoms. The molecule has 1 rings (SSSR count). The van der Waals surface area contributed by atoms with Gasteiger partial charge in [-0.15, -0.1) is 11.3 Å². The number of thiophene rings is 1. The third-order valence-electron chi connectivity index (χ3n) is 2.11. The monoisotopic (exact) mass is 276 g/mol. The molecule has 2 nitrogen and oxygen atoms in total. The van der Waals surface area contributed by atoms with Gasteiger partial charge >= 0.3 is 5.97 Å². The number of hydrogen-bond acceptors (Lipinski definition) is 2. The molecule has 0 amide bonds. The van der Waals surface area contributed by atoms with E-state index in [4.69, 9.17) is 5.11 Å². The molecule has 1 atom stereocenters. The summed E-state index contributed by atoms with van der Waals surface area (Å²) in [6.07, 6.45) is 2.31. The Morgan fingerprint density at radius 3 is 2.86 bits per heavy atom. The lowest BCUT2D eigenvalue weighted by Gasteiger charge is -2.09. The molecule has 0 saturated carbocycles. The number of hydrogen-bond donors (Lipinski definition) is 1. The van der Waals surface area contributed by atoms with Crippen LogP contribution in [-0.4, -0.2) is 11.1 Å². The largest absolute Gasteiger partial charge is 0.481 e. The minimum absolute atomic E-state index is 0.241. The number of rotatable bonds is 5. The highest BCUT2D eigenvalue weighted by Crippen LogP contribution is 2.26. The van der Waals surface area contributed by atoms with Crippen molar-refractivity contribution in [2.75, 3.05) is 0 Å². The molecule has 0 aliphatic carbocycles. The van der Waals surface area contributed by atoms with E-state index in [0.717, 1.165) is 22.2 Å². The molecule has 78 valence electrons. The normalized spacial score (nSPS) is 12.7. The summed E-state index contributed by atoms with van der Waals surface area (Å²) in [7, 11) is 0. The zero-order valence-electron chi connectivity index (χ0n) is 8.00. The van der Waals surface area contributed by atoms with Gasteiger partial charge in [0, 0.05) is 9.35 Å². The van der Waals surface area contributed by atoms with E-state index in [0.29, 0.717) is 6.42 Å². The van der Waals surface area contributed by atoms with Crippen LogP contribution in [0.5, 0.6) is 0 Å². The number of carboxylic acids is 1. The van der Waals surface area contributed by atoms with E-state index in [9.17, 15) is 4.79 Å². The molecule has 4 heteroatoms. The van der Waals surface area contributed by atoms with Gasteiger partial charge in [-0.05, 0) is 40.2 Å². The van der Waals surface area contributed by atoms with Crippen LogP contribution >= 0.6 is 27.3 Å². The second-order valence-corrected chi connectivity index (χ2v) is 5.07. The molecule has 1 aromatic rings. The lowest BCUT2D eigenvalue weighted by Crippen LogP contribution is -2.15. The summed E-state index contributed by atoms with van der Waals surface area (Å²) in [5.74, 6) is -0.929. The first kappa shape index (κ1) is 11.7. The van der Waals surface area contributed by atoms with Gasteiger partial charge in [-0.2, -0.15) is 0 Å². The van der Waals surface area contributed by atoms with Crippen LogP contribution < -0.4 is 0 Å². The van der Waals surface area contributed by atoms with E-state index in [-0.39, 0.29) is 5.92 Å². The van der Waals surface area contributed by atoms with Gasteiger partial charge in [-0.3, -0.25) is 4.79 Å². The summed E-state index contributed by atoms with van der Waals surface area (Å²) in [4.78, 5) is 12.0. The van der Waals surface area contributed by atoms with Crippen molar-refractivity contribution >= 4 is 33.2 Å². The maximum absolute atomic E-state index is 10.9. The van der Waals surface area contributed by atoms with Crippen molar-refractivity contribution in [3.63, 3.8) is 0 Å². The third kappa shape index (κ3) is 3.10. The van der Waals surface area contributed by atoms with Gasteiger partial charge in [0.25, 0.3) is 0 Å². The van der Waals surface area contributed by atoms with Crippen molar-refractivity contribution < 1.29 is 9.90 Å². The predicted molar refractivity (Wildman–Crippen MR) is 61.8 cm³/mol. The molecule has 0 spiro atoms. The average Bonchev–Trinajstić information content (AvgIpc) is 2.51. The van der Waals surface area contributed by atoms with Crippen LogP contribution in [0.15, 0.2) is 15.9 Å². The van der Waals surface area contributed by atoms with Gasteiger partial charge in [0.1, 0.15) is 0 Å². The van der Waals surface area contributed by atoms with E-state index < -0.39 is 5.97 Å². The first-order valence-corrected chi connectivity index (χ1v) is 6.27. The van der Waals surface area contributed by atoms with Crippen molar-refractivity contribution in [1.29, 1.82) is 0 Å². The highest BCUT2D eigenvalue weighted by atomic mass is 79.9. The molecule has 0 bridgehead atoms. The van der Waals surface area contributed by atoms with Crippen molar-refractivity contribution in [3.05, 3.63) is 20.8 Å². The van der Waals surface area contributed by atoms with E-state index in [1.165, 1.54) is 0 Å².